The monoisotopic (exact) mass is 277 g/mol. The predicted molar refractivity (Wildman–Crippen MR) is 71.0 cm³/mol. The van der Waals surface area contributed by atoms with Crippen LogP contribution in [0.1, 0.15) is 29.0 Å². The van der Waals surface area contributed by atoms with Crippen LogP contribution in [0.5, 0.6) is 0 Å². The zero-order valence-corrected chi connectivity index (χ0v) is 11.0. The van der Waals surface area contributed by atoms with Gasteiger partial charge >= 0.3 is 5.97 Å². The largest absolute Gasteiger partial charge is 0.478 e. The molecule has 7 heteroatoms. The van der Waals surface area contributed by atoms with Crippen LogP contribution < -0.4 is 5.32 Å². The van der Waals surface area contributed by atoms with Gasteiger partial charge in [-0.15, -0.1) is 0 Å². The minimum absolute atomic E-state index is 0.107. The number of fused-ring (bicyclic) bond motifs is 1. The van der Waals surface area contributed by atoms with Crippen molar-refractivity contribution in [1.29, 1.82) is 0 Å². The van der Waals surface area contributed by atoms with Crippen LogP contribution in [0.4, 0.5) is 5.82 Å². The molecule has 0 aromatic carbocycles. The summed E-state index contributed by atoms with van der Waals surface area (Å²) in [5.74, 6) is -0.246. The smallest absolute Gasteiger partial charge is 0.340 e. The van der Waals surface area contributed by atoms with E-state index < -0.39 is 5.97 Å². The van der Waals surface area contributed by atoms with Crippen molar-refractivity contribution in [3.8, 4) is 0 Å². The fraction of sp³-hybridized carbons (Fsp3) is 0.462. The number of aromatic nitrogens is 2. The number of nitrogens with zero attached hydrogens (tertiary/aromatic N) is 2. The summed E-state index contributed by atoms with van der Waals surface area (Å²) in [4.78, 5) is 19.4. The van der Waals surface area contributed by atoms with Crippen molar-refractivity contribution in [2.45, 2.75) is 25.9 Å². The van der Waals surface area contributed by atoms with Gasteiger partial charge in [-0.3, -0.25) is 0 Å². The second-order valence-corrected chi connectivity index (χ2v) is 4.76. The topological polar surface area (TPSA) is 97.5 Å². The molecule has 0 aliphatic carbocycles. The highest BCUT2D eigenvalue weighted by Gasteiger charge is 2.23. The van der Waals surface area contributed by atoms with Crippen molar-refractivity contribution < 1.29 is 19.1 Å². The third kappa shape index (κ3) is 2.20. The number of ether oxygens (including phenoxy) is 1. The SMILES string of the molecule is Cc1oc2ncnc(NCC3CCCO3)c2c1C(=O)O. The molecule has 7 nitrogen and oxygen atoms in total. The maximum atomic E-state index is 11.3. The molecule has 2 N–H and O–H groups in total. The van der Waals surface area contributed by atoms with Crippen LogP contribution in [0, 0.1) is 6.92 Å². The lowest BCUT2D eigenvalue weighted by Crippen LogP contribution is -2.19. The van der Waals surface area contributed by atoms with Gasteiger partial charge in [0.2, 0.25) is 5.71 Å². The zero-order chi connectivity index (χ0) is 14.1. The molecule has 0 bridgehead atoms. The summed E-state index contributed by atoms with van der Waals surface area (Å²) in [7, 11) is 0. The fourth-order valence-corrected chi connectivity index (χ4v) is 2.45. The number of aryl methyl sites for hydroxylation is 1. The molecule has 1 aliphatic heterocycles. The predicted octanol–water partition coefficient (Wildman–Crippen LogP) is 1.82. The van der Waals surface area contributed by atoms with Gasteiger partial charge < -0.3 is 19.6 Å². The van der Waals surface area contributed by atoms with E-state index >= 15 is 0 Å². The van der Waals surface area contributed by atoms with Crippen LogP contribution in [-0.2, 0) is 4.74 Å². The van der Waals surface area contributed by atoms with Crippen LogP contribution in [-0.4, -0.2) is 40.3 Å². The summed E-state index contributed by atoms with van der Waals surface area (Å²) in [5, 5.41) is 12.8. The first-order chi connectivity index (χ1) is 9.66. The van der Waals surface area contributed by atoms with Gasteiger partial charge in [0.15, 0.2) is 0 Å². The van der Waals surface area contributed by atoms with Gasteiger partial charge in [0.25, 0.3) is 0 Å². The molecular formula is C13H15N3O4. The molecule has 0 amide bonds. The first-order valence-corrected chi connectivity index (χ1v) is 6.49. The molecule has 1 unspecified atom stereocenters. The number of carboxylic acid groups (broad SMARTS) is 1. The van der Waals surface area contributed by atoms with Crippen molar-refractivity contribution in [2.75, 3.05) is 18.5 Å². The van der Waals surface area contributed by atoms with Gasteiger partial charge in [-0.2, -0.15) is 0 Å². The Kier molecular flexibility index (Phi) is 3.27. The van der Waals surface area contributed by atoms with Gasteiger partial charge in [-0.1, -0.05) is 0 Å². The molecule has 0 spiro atoms. The Bertz CT molecular complexity index is 646. The average molecular weight is 277 g/mol. The summed E-state index contributed by atoms with van der Waals surface area (Å²) in [6, 6.07) is 0. The number of rotatable bonds is 4. The number of anilines is 1. The number of hydrogen-bond acceptors (Lipinski definition) is 6. The third-order valence-electron chi connectivity index (χ3n) is 3.40. The van der Waals surface area contributed by atoms with Gasteiger partial charge in [0.05, 0.1) is 11.5 Å². The van der Waals surface area contributed by atoms with E-state index in [9.17, 15) is 9.90 Å². The molecule has 0 saturated carbocycles. The molecule has 1 aliphatic rings. The maximum Gasteiger partial charge on any atom is 0.340 e. The van der Waals surface area contributed by atoms with E-state index in [4.69, 9.17) is 9.15 Å². The number of nitrogens with one attached hydrogen (secondary N) is 1. The lowest BCUT2D eigenvalue weighted by Gasteiger charge is -2.11. The first-order valence-electron chi connectivity index (χ1n) is 6.49. The number of hydrogen-bond donors (Lipinski definition) is 2. The summed E-state index contributed by atoms with van der Waals surface area (Å²) in [5.41, 5.74) is 0.389. The van der Waals surface area contributed by atoms with E-state index in [2.05, 4.69) is 15.3 Å². The summed E-state index contributed by atoms with van der Waals surface area (Å²) < 4.78 is 10.9. The number of carboxylic acids is 1. The number of furan rings is 1. The molecule has 2 aromatic heterocycles. The Morgan fingerprint density at radius 3 is 3.10 bits per heavy atom. The molecule has 0 radical (unpaired) electrons. The van der Waals surface area contributed by atoms with Crippen LogP contribution in [0.15, 0.2) is 10.7 Å². The summed E-state index contributed by atoms with van der Waals surface area (Å²) in [6.07, 6.45) is 3.55. The van der Waals surface area contributed by atoms with E-state index in [1.807, 2.05) is 0 Å². The van der Waals surface area contributed by atoms with Crippen molar-refractivity contribution in [3.05, 3.63) is 17.7 Å². The molecular weight excluding hydrogens is 262 g/mol. The van der Waals surface area contributed by atoms with Crippen molar-refractivity contribution >= 4 is 22.9 Å². The van der Waals surface area contributed by atoms with Crippen LogP contribution in [0.25, 0.3) is 11.1 Å². The highest BCUT2D eigenvalue weighted by molar-refractivity contribution is 6.06. The van der Waals surface area contributed by atoms with Crippen molar-refractivity contribution in [2.24, 2.45) is 0 Å². The van der Waals surface area contributed by atoms with Gasteiger partial charge in [-0.05, 0) is 19.8 Å². The molecule has 3 heterocycles. The zero-order valence-electron chi connectivity index (χ0n) is 11.0. The van der Waals surface area contributed by atoms with Crippen molar-refractivity contribution in [1.82, 2.24) is 9.97 Å². The quantitative estimate of drug-likeness (QED) is 0.879. The molecule has 2 aromatic rings. The van der Waals surface area contributed by atoms with E-state index in [0.29, 0.717) is 23.5 Å². The summed E-state index contributed by atoms with van der Waals surface area (Å²) in [6.45, 7) is 2.97. The van der Waals surface area contributed by atoms with Crippen LogP contribution in [0.3, 0.4) is 0 Å². The Balaban J connectivity index is 1.95. The Morgan fingerprint density at radius 1 is 1.55 bits per heavy atom. The third-order valence-corrected chi connectivity index (χ3v) is 3.40. The number of aromatic carboxylic acids is 1. The van der Waals surface area contributed by atoms with E-state index in [1.165, 1.54) is 6.33 Å². The highest BCUT2D eigenvalue weighted by atomic mass is 16.5. The Hall–Kier alpha value is -2.15. The lowest BCUT2D eigenvalue weighted by atomic mass is 10.2. The molecule has 3 rings (SSSR count). The normalized spacial score (nSPS) is 18.6. The van der Waals surface area contributed by atoms with E-state index in [0.717, 1.165) is 19.4 Å². The molecule has 106 valence electrons. The molecule has 1 atom stereocenters. The maximum absolute atomic E-state index is 11.3. The molecule has 1 fully saturated rings. The van der Waals surface area contributed by atoms with Gasteiger partial charge in [0, 0.05) is 13.2 Å². The minimum atomic E-state index is -1.05. The van der Waals surface area contributed by atoms with E-state index in [-0.39, 0.29) is 17.4 Å². The minimum Gasteiger partial charge on any atom is -0.478 e. The second kappa shape index (κ2) is 5.09. The number of carbonyl (C=O) groups is 1. The fourth-order valence-electron chi connectivity index (χ4n) is 2.45. The Morgan fingerprint density at radius 2 is 2.40 bits per heavy atom. The average Bonchev–Trinajstić information content (AvgIpc) is 3.02. The van der Waals surface area contributed by atoms with E-state index in [1.54, 1.807) is 6.92 Å². The highest BCUT2D eigenvalue weighted by Crippen LogP contribution is 2.29. The standard InChI is InChI=1S/C13H15N3O4/c1-7-9(13(17)18)10-11(15-6-16-12(10)20-7)14-5-8-3-2-4-19-8/h6,8H,2-5H2,1H3,(H,17,18)(H,14,15,16). The molecule has 1 saturated heterocycles. The first kappa shape index (κ1) is 12.9. The van der Waals surface area contributed by atoms with Crippen LogP contribution in [0.2, 0.25) is 0 Å². The second-order valence-electron chi connectivity index (χ2n) is 4.76. The summed E-state index contributed by atoms with van der Waals surface area (Å²) >= 11 is 0. The van der Waals surface area contributed by atoms with Gasteiger partial charge in [0.1, 0.15) is 23.5 Å². The Labute approximate surface area is 115 Å². The van der Waals surface area contributed by atoms with Gasteiger partial charge in [-0.25, -0.2) is 14.8 Å². The lowest BCUT2D eigenvalue weighted by molar-refractivity contribution is 0.0697. The van der Waals surface area contributed by atoms with Crippen molar-refractivity contribution in [3.63, 3.8) is 0 Å². The van der Waals surface area contributed by atoms with Crippen LogP contribution >= 0.6 is 0 Å². The molecule has 20 heavy (non-hydrogen) atoms.